The van der Waals surface area contributed by atoms with Crippen molar-refractivity contribution in [2.24, 2.45) is 17.3 Å². The molecule has 11 heteroatoms. The maximum absolute atomic E-state index is 15.2. The number of nitrogens with one attached hydrogen (secondary N) is 1. The minimum absolute atomic E-state index is 0.102. The summed E-state index contributed by atoms with van der Waals surface area (Å²) in [6, 6.07) is 7.71. The second-order valence-corrected chi connectivity index (χ2v) is 17.0. The normalized spacial score (nSPS) is 31.4. The number of cyclic esters (lactones) is 1. The van der Waals surface area contributed by atoms with Gasteiger partial charge in [-0.05, 0) is 63.5 Å². The number of allylic oxidation sites excluding steroid dienone is 1. The quantitative estimate of drug-likeness (QED) is 0.191. The van der Waals surface area contributed by atoms with Crippen LogP contribution in [0.1, 0.15) is 98.2 Å². The third-order valence-electron chi connectivity index (χ3n) is 10.4. The molecule has 4 heterocycles. The predicted molar refractivity (Wildman–Crippen MR) is 194 cm³/mol. The zero-order valence-corrected chi connectivity index (χ0v) is 31.9. The summed E-state index contributed by atoms with van der Waals surface area (Å²) >= 11 is 3.65. The summed E-state index contributed by atoms with van der Waals surface area (Å²) in [5, 5.41) is 12.3. The third-order valence-corrected chi connectivity index (χ3v) is 11.1. The average molecular weight is 757 g/mol. The molecule has 7 atom stereocenters. The predicted octanol–water partition coefficient (Wildman–Crippen LogP) is 5.59. The van der Waals surface area contributed by atoms with Gasteiger partial charge in [0.15, 0.2) is 0 Å². The van der Waals surface area contributed by atoms with Crippen LogP contribution in [0.4, 0.5) is 0 Å². The lowest BCUT2D eigenvalue weighted by Gasteiger charge is -2.45. The van der Waals surface area contributed by atoms with Crippen LogP contribution >= 0.6 is 15.9 Å². The summed E-state index contributed by atoms with van der Waals surface area (Å²) < 4.78 is 13.6. The van der Waals surface area contributed by atoms with Gasteiger partial charge < -0.3 is 29.7 Å². The van der Waals surface area contributed by atoms with E-state index in [9.17, 15) is 19.5 Å². The van der Waals surface area contributed by atoms with Crippen molar-refractivity contribution in [2.45, 2.75) is 122 Å². The van der Waals surface area contributed by atoms with Crippen molar-refractivity contribution in [2.75, 3.05) is 19.7 Å². The first-order valence-corrected chi connectivity index (χ1v) is 18.9. The Balaban J connectivity index is 1.61. The van der Waals surface area contributed by atoms with Gasteiger partial charge >= 0.3 is 5.97 Å². The number of likely N-dealkylation sites (tertiary alicyclic amines) is 1. The highest BCUT2D eigenvalue weighted by Crippen LogP contribution is 2.59. The highest BCUT2D eigenvalue weighted by molar-refractivity contribution is 9.11. The molecule has 0 unspecified atom stereocenters. The number of fused-ring (bicyclic) bond motifs is 2. The molecule has 2 fully saturated rings. The number of carbonyl (C=O) groups excluding carboxylic acids is 4. The largest absolute Gasteiger partial charge is 0.455 e. The molecule has 2 saturated heterocycles. The standard InChI is InChI=1S/C39H54BrN3O7/c1-25-31(26-17-11-9-12-18-26)49-36(48)29-30-34(46)42(20-14-7-8-16-22-44)33(39(30)23-27(40)32(29)50-39)35(47)43(38(5,6)24-37(2,3)4)21-15-10-13-19-28(45)41-25/h9-12,15,17-18,23,25,29-33,44H,7-8,13-14,16,19-22,24H2,1-6H3,(H,41,45)/b15-10-/t25-,29+,30-,31+,32+,33+,39-/m0/s1. The number of esters is 1. The molecule has 0 saturated carbocycles. The van der Waals surface area contributed by atoms with E-state index >= 15 is 4.79 Å². The first-order chi connectivity index (χ1) is 23.6. The second-order valence-electron chi connectivity index (χ2n) is 16.1. The fraction of sp³-hybridized carbons (Fsp3) is 0.641. The molecule has 50 heavy (non-hydrogen) atoms. The monoisotopic (exact) mass is 755 g/mol. The van der Waals surface area contributed by atoms with E-state index < -0.39 is 53.2 Å². The molecule has 4 aliphatic rings. The van der Waals surface area contributed by atoms with Crippen LogP contribution in [-0.2, 0) is 28.7 Å². The third kappa shape index (κ3) is 7.75. The Morgan fingerprint density at radius 2 is 1.66 bits per heavy atom. The van der Waals surface area contributed by atoms with Crippen LogP contribution in [0.5, 0.6) is 0 Å². The van der Waals surface area contributed by atoms with Crippen molar-refractivity contribution >= 4 is 39.6 Å². The highest BCUT2D eigenvalue weighted by atomic mass is 79.9. The van der Waals surface area contributed by atoms with Gasteiger partial charge in [-0.3, -0.25) is 19.2 Å². The van der Waals surface area contributed by atoms with E-state index in [1.54, 1.807) is 4.90 Å². The molecule has 0 aliphatic carbocycles. The van der Waals surface area contributed by atoms with Crippen molar-refractivity contribution < 1.29 is 33.8 Å². The van der Waals surface area contributed by atoms with Crippen molar-refractivity contribution in [1.29, 1.82) is 0 Å². The SMILES string of the molecule is C[C@@H]1NC(=O)CC/C=C\CN(C(C)(C)CC(C)(C)C)C(=O)[C@H]2N(CCCCCCO)C(=O)[C@@H]3[C@@H](C(=O)O[C@H]1c1ccccc1)[C@@H]1O[C@@]32C=C1Br. The van der Waals surface area contributed by atoms with E-state index in [4.69, 9.17) is 9.47 Å². The number of rotatable bonds is 9. The Kier molecular flexibility index (Phi) is 11.7. The number of hydrogen-bond donors (Lipinski definition) is 2. The van der Waals surface area contributed by atoms with Crippen molar-refractivity contribution in [3.05, 3.63) is 58.6 Å². The van der Waals surface area contributed by atoms with Crippen LogP contribution in [0, 0.1) is 17.3 Å². The number of halogens is 1. The number of ether oxygens (including phenoxy) is 2. The first kappa shape index (κ1) is 38.2. The van der Waals surface area contributed by atoms with Gasteiger partial charge in [0, 0.05) is 36.1 Å². The molecule has 0 radical (unpaired) electrons. The Hall–Kier alpha value is -3.02. The smallest absolute Gasteiger partial charge is 0.313 e. The minimum Gasteiger partial charge on any atom is -0.455 e. The van der Waals surface area contributed by atoms with Crippen molar-refractivity contribution in [3.63, 3.8) is 0 Å². The molecule has 1 aromatic rings. The number of nitrogens with zero attached hydrogens (tertiary/aromatic N) is 2. The topological polar surface area (TPSA) is 125 Å². The number of hydrogen-bond acceptors (Lipinski definition) is 7. The Morgan fingerprint density at radius 3 is 2.34 bits per heavy atom. The molecule has 0 aromatic heterocycles. The minimum atomic E-state index is -1.37. The van der Waals surface area contributed by atoms with Gasteiger partial charge in [0.05, 0.1) is 12.0 Å². The number of aliphatic hydroxyl groups excluding tert-OH is 1. The summed E-state index contributed by atoms with van der Waals surface area (Å²) in [5.41, 5.74) is -1.38. The molecular weight excluding hydrogens is 702 g/mol. The fourth-order valence-electron chi connectivity index (χ4n) is 8.65. The molecule has 274 valence electrons. The number of carbonyl (C=O) groups is 4. The van der Waals surface area contributed by atoms with Gasteiger partial charge in [-0.1, -0.05) is 92.0 Å². The Labute approximate surface area is 305 Å². The maximum Gasteiger partial charge on any atom is 0.313 e. The van der Waals surface area contributed by atoms with Gasteiger partial charge in [-0.25, -0.2) is 0 Å². The molecule has 5 bridgehead atoms. The lowest BCUT2D eigenvalue weighted by atomic mass is 9.74. The Morgan fingerprint density at radius 1 is 0.960 bits per heavy atom. The van der Waals surface area contributed by atoms with Crippen LogP contribution in [0.3, 0.4) is 0 Å². The summed E-state index contributed by atoms with van der Waals surface area (Å²) in [4.78, 5) is 60.9. The van der Waals surface area contributed by atoms with E-state index in [1.807, 2.05) is 60.4 Å². The molecule has 2 N–H and O–H groups in total. The zero-order valence-electron chi connectivity index (χ0n) is 30.3. The number of aliphatic hydroxyl groups is 1. The van der Waals surface area contributed by atoms with Gasteiger partial charge in [-0.15, -0.1) is 0 Å². The van der Waals surface area contributed by atoms with Crippen LogP contribution in [0.15, 0.2) is 53.0 Å². The fourth-order valence-corrected chi connectivity index (χ4v) is 9.39. The van der Waals surface area contributed by atoms with E-state index in [1.165, 1.54) is 0 Å². The number of unbranched alkanes of at least 4 members (excludes halogenated alkanes) is 3. The molecule has 1 spiro atoms. The van der Waals surface area contributed by atoms with Gasteiger partial charge in [0.1, 0.15) is 29.8 Å². The zero-order chi connectivity index (χ0) is 36.4. The Bertz CT molecular complexity index is 1490. The van der Waals surface area contributed by atoms with E-state index in [-0.39, 0.29) is 42.7 Å². The van der Waals surface area contributed by atoms with Crippen LogP contribution in [-0.4, -0.2) is 87.6 Å². The summed E-state index contributed by atoms with van der Waals surface area (Å²) in [6.07, 6.45) is 8.36. The van der Waals surface area contributed by atoms with E-state index in [2.05, 4.69) is 55.9 Å². The van der Waals surface area contributed by atoms with Crippen molar-refractivity contribution in [1.82, 2.24) is 15.1 Å². The van der Waals surface area contributed by atoms with Crippen LogP contribution < -0.4 is 5.32 Å². The molecule has 4 aliphatic heterocycles. The summed E-state index contributed by atoms with van der Waals surface area (Å²) in [6.45, 7) is 13.0. The van der Waals surface area contributed by atoms with Gasteiger partial charge in [-0.2, -0.15) is 0 Å². The van der Waals surface area contributed by atoms with E-state index in [0.29, 0.717) is 42.3 Å². The first-order valence-electron chi connectivity index (χ1n) is 18.1. The summed E-state index contributed by atoms with van der Waals surface area (Å²) in [7, 11) is 0. The van der Waals surface area contributed by atoms with Crippen LogP contribution in [0.2, 0.25) is 0 Å². The lowest BCUT2D eigenvalue weighted by Crippen LogP contribution is -2.60. The van der Waals surface area contributed by atoms with Gasteiger partial charge in [0.25, 0.3) is 0 Å². The molecular formula is C39H54BrN3O7. The van der Waals surface area contributed by atoms with E-state index in [0.717, 1.165) is 12.8 Å². The van der Waals surface area contributed by atoms with Crippen LogP contribution in [0.25, 0.3) is 0 Å². The highest BCUT2D eigenvalue weighted by Gasteiger charge is 2.75. The number of amides is 3. The molecule has 10 nitrogen and oxygen atoms in total. The average Bonchev–Trinajstić information content (AvgIpc) is 3.62. The number of benzene rings is 1. The molecule has 3 amide bonds. The second kappa shape index (κ2) is 15.3. The lowest BCUT2D eigenvalue weighted by molar-refractivity contribution is -0.161. The molecule has 5 rings (SSSR count). The maximum atomic E-state index is 15.2. The summed E-state index contributed by atoms with van der Waals surface area (Å²) in [5.74, 6) is -3.29. The molecule has 1 aromatic carbocycles. The van der Waals surface area contributed by atoms with Gasteiger partial charge in [0.2, 0.25) is 17.7 Å². The van der Waals surface area contributed by atoms with Crippen molar-refractivity contribution in [3.8, 4) is 0 Å².